The van der Waals surface area contributed by atoms with Crippen molar-refractivity contribution in [3.8, 4) is 0 Å². The average molecular weight is 462 g/mol. The fourth-order valence-corrected chi connectivity index (χ4v) is 5.58. The molecule has 0 heterocycles. The lowest BCUT2D eigenvalue weighted by molar-refractivity contribution is -0.384. The number of rotatable bonds is 7. The zero-order chi connectivity index (χ0) is 22.8. The molecular weight excluding hydrogens is 442 g/mol. The van der Waals surface area contributed by atoms with Crippen LogP contribution in [0, 0.1) is 24.0 Å². The van der Waals surface area contributed by atoms with E-state index in [1.807, 2.05) is 0 Å². The lowest BCUT2D eigenvalue weighted by Crippen LogP contribution is -2.18. The Labute approximate surface area is 180 Å². The summed E-state index contributed by atoms with van der Waals surface area (Å²) in [5.41, 5.74) is 0.128. The van der Waals surface area contributed by atoms with Crippen LogP contribution in [0.2, 0.25) is 0 Å². The van der Waals surface area contributed by atoms with Gasteiger partial charge in [0.2, 0.25) is 0 Å². The molecule has 2 N–H and O–H groups in total. The number of nitrogens with one attached hydrogen (secondary N) is 2. The van der Waals surface area contributed by atoms with Crippen molar-refractivity contribution in [2.45, 2.75) is 23.6 Å². The smallest absolute Gasteiger partial charge is 0.271 e. The number of nitrogens with zero attached hydrogens (tertiary/aromatic N) is 1. The number of non-ortho nitro benzene ring substituents is 1. The van der Waals surface area contributed by atoms with E-state index < -0.39 is 30.7 Å². The van der Waals surface area contributed by atoms with E-state index in [9.17, 15) is 26.9 Å². The number of nitro benzene ring substituents is 1. The first-order valence-corrected chi connectivity index (χ1v) is 11.9. The van der Waals surface area contributed by atoms with E-state index in [0.29, 0.717) is 11.1 Å². The lowest BCUT2D eigenvalue weighted by Gasteiger charge is -2.16. The summed E-state index contributed by atoms with van der Waals surface area (Å²) in [6.07, 6.45) is 0. The Morgan fingerprint density at radius 1 is 0.710 bits per heavy atom. The summed E-state index contributed by atoms with van der Waals surface area (Å²) < 4.78 is 56.1. The molecule has 0 bridgehead atoms. The van der Waals surface area contributed by atoms with Crippen LogP contribution in [0.1, 0.15) is 11.1 Å². The third-order valence-corrected chi connectivity index (χ3v) is 7.52. The van der Waals surface area contributed by atoms with Gasteiger partial charge in [-0.1, -0.05) is 36.4 Å². The van der Waals surface area contributed by atoms with Crippen LogP contribution >= 0.6 is 0 Å². The van der Waals surface area contributed by atoms with Crippen molar-refractivity contribution < 1.29 is 21.8 Å². The highest BCUT2D eigenvalue weighted by Crippen LogP contribution is 2.32. The minimum Gasteiger partial charge on any atom is -0.277 e. The molecule has 0 aliphatic rings. The first-order chi connectivity index (χ1) is 14.5. The molecule has 31 heavy (non-hydrogen) atoms. The van der Waals surface area contributed by atoms with Gasteiger partial charge in [-0.15, -0.1) is 0 Å². The predicted molar refractivity (Wildman–Crippen MR) is 117 cm³/mol. The molecule has 162 valence electrons. The van der Waals surface area contributed by atoms with Crippen LogP contribution in [0.15, 0.2) is 76.5 Å². The third kappa shape index (κ3) is 4.84. The number of sulfonamides is 2. The van der Waals surface area contributed by atoms with Crippen LogP contribution < -0.4 is 9.44 Å². The highest BCUT2D eigenvalue weighted by molar-refractivity contribution is 7.93. The molecule has 0 aromatic heterocycles. The van der Waals surface area contributed by atoms with Gasteiger partial charge in [0.05, 0.1) is 26.1 Å². The van der Waals surface area contributed by atoms with Gasteiger partial charge in [-0.3, -0.25) is 19.6 Å². The largest absolute Gasteiger partial charge is 0.277 e. The second kappa shape index (κ2) is 8.36. The fraction of sp³-hybridized carbons (Fsp3) is 0.100. The molecule has 3 aromatic carbocycles. The van der Waals surface area contributed by atoms with E-state index in [2.05, 4.69) is 9.44 Å². The molecule has 0 aliphatic heterocycles. The summed E-state index contributed by atoms with van der Waals surface area (Å²) in [7, 11) is -8.23. The molecule has 0 aliphatic carbocycles. The Morgan fingerprint density at radius 3 is 1.61 bits per heavy atom. The standard InChI is InChI=1S/C20H19N3O6S2/c1-14-7-3-5-9-19(14)30(26,27)21-17-12-11-16(23(24)25)13-18(17)22-31(28,29)20-10-6-4-8-15(20)2/h3-13,21-22H,1-2H3. The molecule has 0 spiro atoms. The van der Waals surface area contributed by atoms with Gasteiger partial charge in [-0.2, -0.15) is 0 Å². The molecule has 0 saturated carbocycles. The van der Waals surface area contributed by atoms with E-state index in [1.54, 1.807) is 44.2 Å². The number of nitro groups is 1. The molecule has 0 radical (unpaired) electrons. The maximum atomic E-state index is 12.9. The Hall–Kier alpha value is -3.44. The van der Waals surface area contributed by atoms with Gasteiger partial charge in [-0.25, -0.2) is 16.8 Å². The zero-order valence-corrected chi connectivity index (χ0v) is 18.2. The van der Waals surface area contributed by atoms with Crippen LogP contribution in [0.5, 0.6) is 0 Å². The van der Waals surface area contributed by atoms with Gasteiger partial charge in [0.15, 0.2) is 0 Å². The minimum absolute atomic E-state index is 0.000985. The van der Waals surface area contributed by atoms with Gasteiger partial charge < -0.3 is 0 Å². The molecule has 3 rings (SSSR count). The molecule has 0 amide bonds. The van der Waals surface area contributed by atoms with Crippen molar-refractivity contribution >= 4 is 37.1 Å². The number of aryl methyl sites for hydroxylation is 2. The van der Waals surface area contributed by atoms with Crippen molar-refractivity contribution in [1.29, 1.82) is 0 Å². The molecule has 0 saturated heterocycles. The molecule has 11 heteroatoms. The summed E-state index contributed by atoms with van der Waals surface area (Å²) in [4.78, 5) is 10.5. The first-order valence-electron chi connectivity index (χ1n) is 8.96. The highest BCUT2D eigenvalue weighted by Gasteiger charge is 2.23. The second-order valence-electron chi connectivity index (χ2n) is 6.73. The van der Waals surface area contributed by atoms with Crippen molar-refractivity contribution in [3.05, 3.63) is 88.0 Å². The second-order valence-corrected chi connectivity index (χ2v) is 10.0. The van der Waals surface area contributed by atoms with Gasteiger partial charge in [0.1, 0.15) is 0 Å². The van der Waals surface area contributed by atoms with Gasteiger partial charge in [0, 0.05) is 12.1 Å². The maximum Gasteiger partial charge on any atom is 0.271 e. The van der Waals surface area contributed by atoms with Crippen molar-refractivity contribution in [3.63, 3.8) is 0 Å². The van der Waals surface area contributed by atoms with Crippen molar-refractivity contribution in [2.75, 3.05) is 9.44 Å². The highest BCUT2D eigenvalue weighted by atomic mass is 32.2. The number of benzene rings is 3. The zero-order valence-electron chi connectivity index (χ0n) is 16.6. The van der Waals surface area contributed by atoms with Gasteiger partial charge in [0.25, 0.3) is 25.7 Å². The molecular formula is C20H19N3O6S2. The number of anilines is 2. The van der Waals surface area contributed by atoms with E-state index in [0.717, 1.165) is 18.2 Å². The molecule has 0 atom stereocenters. The number of hydrogen-bond acceptors (Lipinski definition) is 6. The Balaban J connectivity index is 2.08. The fourth-order valence-electron chi connectivity index (χ4n) is 2.93. The van der Waals surface area contributed by atoms with Crippen molar-refractivity contribution in [1.82, 2.24) is 0 Å². The summed E-state index contributed by atoms with van der Waals surface area (Å²) in [6.45, 7) is 3.22. The van der Waals surface area contributed by atoms with Crippen LogP contribution in [0.4, 0.5) is 17.1 Å². The molecule has 9 nitrogen and oxygen atoms in total. The Morgan fingerprint density at radius 2 is 1.16 bits per heavy atom. The normalized spacial score (nSPS) is 11.7. The lowest BCUT2D eigenvalue weighted by atomic mass is 10.2. The van der Waals surface area contributed by atoms with Crippen molar-refractivity contribution in [2.24, 2.45) is 0 Å². The molecule has 3 aromatic rings. The average Bonchev–Trinajstić information content (AvgIpc) is 2.69. The molecule has 0 fully saturated rings. The maximum absolute atomic E-state index is 12.9. The minimum atomic E-state index is -4.14. The Bertz CT molecular complexity index is 1370. The monoisotopic (exact) mass is 461 g/mol. The summed E-state index contributed by atoms with van der Waals surface area (Å²) in [6, 6.07) is 15.6. The number of hydrogen-bond donors (Lipinski definition) is 2. The summed E-state index contributed by atoms with van der Waals surface area (Å²) in [5, 5.41) is 11.2. The van der Waals surface area contributed by atoms with E-state index in [-0.39, 0.29) is 21.2 Å². The van der Waals surface area contributed by atoms with Gasteiger partial charge >= 0.3 is 0 Å². The molecule has 0 unspecified atom stereocenters. The van der Waals surface area contributed by atoms with Crippen LogP contribution in [0.25, 0.3) is 0 Å². The Kier molecular flexibility index (Phi) is 6.00. The predicted octanol–water partition coefficient (Wildman–Crippen LogP) is 3.81. The van der Waals surface area contributed by atoms with Crippen LogP contribution in [0.3, 0.4) is 0 Å². The van der Waals surface area contributed by atoms with Gasteiger partial charge in [-0.05, 0) is 43.2 Å². The summed E-state index contributed by atoms with van der Waals surface area (Å²) >= 11 is 0. The van der Waals surface area contributed by atoms with E-state index in [4.69, 9.17) is 0 Å². The first kappa shape index (κ1) is 22.2. The summed E-state index contributed by atoms with van der Waals surface area (Å²) in [5.74, 6) is 0. The van der Waals surface area contributed by atoms with Crippen LogP contribution in [-0.4, -0.2) is 21.8 Å². The van der Waals surface area contributed by atoms with E-state index >= 15 is 0 Å². The SMILES string of the molecule is Cc1ccccc1S(=O)(=O)Nc1ccc([N+](=O)[O-])cc1NS(=O)(=O)c1ccccc1C. The third-order valence-electron chi connectivity index (χ3n) is 4.47. The topological polar surface area (TPSA) is 135 Å². The van der Waals surface area contributed by atoms with E-state index in [1.165, 1.54) is 18.2 Å². The quantitative estimate of drug-likeness (QED) is 0.406. The van der Waals surface area contributed by atoms with Crippen LogP contribution in [-0.2, 0) is 20.0 Å².